The molecule has 0 aliphatic heterocycles. The van der Waals surface area contributed by atoms with Crippen LogP contribution in [0.3, 0.4) is 0 Å². The van der Waals surface area contributed by atoms with Gasteiger partial charge < -0.3 is 15.2 Å². The molecule has 8 heteroatoms. The number of ketones is 1. The zero-order valence-corrected chi connectivity index (χ0v) is 21.1. The fourth-order valence-electron chi connectivity index (χ4n) is 4.73. The smallest absolute Gasteiger partial charge is 0.340 e. The lowest BCUT2D eigenvalue weighted by Gasteiger charge is -2.16. The number of amides is 1. The summed E-state index contributed by atoms with van der Waals surface area (Å²) in [6.45, 7) is 6.11. The third-order valence-electron chi connectivity index (χ3n) is 6.20. The maximum atomic E-state index is 13.7. The van der Waals surface area contributed by atoms with Crippen molar-refractivity contribution in [2.75, 3.05) is 39.2 Å². The van der Waals surface area contributed by atoms with E-state index < -0.39 is 5.97 Å². The number of aliphatic hydroxyl groups is 1. The van der Waals surface area contributed by atoms with Crippen molar-refractivity contribution in [1.29, 1.82) is 0 Å². The summed E-state index contributed by atoms with van der Waals surface area (Å²) in [4.78, 5) is 45.3. The first-order chi connectivity index (χ1) is 17.1. The molecule has 3 aromatic rings. The number of aromatic nitrogens is 1. The van der Waals surface area contributed by atoms with Gasteiger partial charge in [-0.2, -0.15) is 0 Å². The van der Waals surface area contributed by atoms with Crippen molar-refractivity contribution in [3.8, 4) is 22.4 Å². The van der Waals surface area contributed by atoms with Crippen molar-refractivity contribution >= 4 is 23.3 Å². The predicted octanol–water partition coefficient (Wildman–Crippen LogP) is 3.53. The van der Waals surface area contributed by atoms with E-state index in [1.807, 2.05) is 32.0 Å². The average molecular weight is 488 g/mol. The Bertz CT molecular complexity index is 1380. The van der Waals surface area contributed by atoms with Crippen LogP contribution < -0.4 is 5.32 Å². The number of ether oxygens (including phenoxy) is 1. The van der Waals surface area contributed by atoms with E-state index in [4.69, 9.17) is 9.84 Å². The molecule has 0 saturated heterocycles. The van der Waals surface area contributed by atoms with Gasteiger partial charge in [0.1, 0.15) is 0 Å². The van der Waals surface area contributed by atoms with Crippen LogP contribution in [0.15, 0.2) is 36.4 Å². The molecule has 0 unspecified atom stereocenters. The summed E-state index contributed by atoms with van der Waals surface area (Å²) in [5, 5.41) is 11.9. The second-order valence-corrected chi connectivity index (χ2v) is 9.14. The first-order valence-electron chi connectivity index (χ1n) is 11.6. The lowest BCUT2D eigenvalue weighted by Crippen LogP contribution is -2.32. The van der Waals surface area contributed by atoms with Crippen molar-refractivity contribution in [2.45, 2.75) is 20.8 Å². The minimum absolute atomic E-state index is 0.0388. The predicted molar refractivity (Wildman–Crippen MR) is 137 cm³/mol. The summed E-state index contributed by atoms with van der Waals surface area (Å²) in [7, 11) is 3.05. The van der Waals surface area contributed by atoms with E-state index in [1.165, 1.54) is 7.11 Å². The zero-order valence-electron chi connectivity index (χ0n) is 21.1. The van der Waals surface area contributed by atoms with Crippen LogP contribution >= 0.6 is 0 Å². The molecule has 186 valence electrons. The fraction of sp³-hybridized carbons (Fsp3) is 0.286. The Morgan fingerprint density at radius 1 is 1.03 bits per heavy atom. The second kappa shape index (κ2) is 10.0. The molecule has 1 aliphatic rings. The van der Waals surface area contributed by atoms with E-state index in [0.717, 1.165) is 16.7 Å². The van der Waals surface area contributed by atoms with Gasteiger partial charge in [-0.3, -0.25) is 19.5 Å². The van der Waals surface area contributed by atoms with Gasteiger partial charge in [-0.15, -0.1) is 0 Å². The Labute approximate surface area is 209 Å². The van der Waals surface area contributed by atoms with E-state index in [9.17, 15) is 14.4 Å². The number of methoxy groups -OCH3 is 1. The standard InChI is InChI=1S/C28H29N3O5/c1-15-10-16(2)12-18(11-15)24-23(28(35)36-5)17(3)29-26-21-13-19(6-7-20(21)27(34)25(24)26)30-22(33)14-31(4)8-9-32/h6-7,10-13,32H,8-9,14H2,1-5H3,(H,30,33). The van der Waals surface area contributed by atoms with Crippen LogP contribution in [0, 0.1) is 20.8 Å². The second-order valence-electron chi connectivity index (χ2n) is 9.14. The lowest BCUT2D eigenvalue weighted by molar-refractivity contribution is -0.117. The minimum Gasteiger partial charge on any atom is -0.465 e. The van der Waals surface area contributed by atoms with Crippen molar-refractivity contribution in [2.24, 2.45) is 0 Å². The maximum absolute atomic E-state index is 13.7. The Morgan fingerprint density at radius 2 is 1.72 bits per heavy atom. The number of likely N-dealkylation sites (N-methyl/N-ethyl adjacent to an activating group) is 1. The summed E-state index contributed by atoms with van der Waals surface area (Å²) < 4.78 is 5.07. The van der Waals surface area contributed by atoms with E-state index in [1.54, 1.807) is 37.1 Å². The normalized spacial score (nSPS) is 11.9. The molecule has 8 nitrogen and oxygen atoms in total. The highest BCUT2D eigenvalue weighted by molar-refractivity contribution is 6.26. The van der Waals surface area contributed by atoms with Gasteiger partial charge >= 0.3 is 5.97 Å². The Morgan fingerprint density at radius 3 is 2.36 bits per heavy atom. The number of fused-ring (bicyclic) bond motifs is 3. The van der Waals surface area contributed by atoms with Crippen molar-refractivity contribution < 1.29 is 24.2 Å². The molecule has 0 atom stereocenters. The number of rotatable bonds is 7. The van der Waals surface area contributed by atoms with E-state index >= 15 is 0 Å². The molecule has 1 aromatic heterocycles. The van der Waals surface area contributed by atoms with Gasteiger partial charge in [-0.25, -0.2) is 4.79 Å². The Hall–Kier alpha value is -3.88. The number of aryl methyl sites for hydroxylation is 3. The van der Waals surface area contributed by atoms with Gasteiger partial charge in [0.2, 0.25) is 5.91 Å². The number of carbonyl (C=O) groups is 3. The highest BCUT2D eigenvalue weighted by Gasteiger charge is 2.35. The molecule has 0 radical (unpaired) electrons. The van der Waals surface area contributed by atoms with E-state index in [-0.39, 0.29) is 30.4 Å². The number of hydrogen-bond donors (Lipinski definition) is 2. The van der Waals surface area contributed by atoms with Crippen LogP contribution in [0.5, 0.6) is 0 Å². The molecule has 2 N–H and O–H groups in total. The number of aliphatic hydroxyl groups excluding tert-OH is 1. The maximum Gasteiger partial charge on any atom is 0.340 e. The summed E-state index contributed by atoms with van der Waals surface area (Å²) in [5.41, 5.74) is 6.40. The quantitative estimate of drug-likeness (QED) is 0.384. The van der Waals surface area contributed by atoms with Crippen LogP contribution in [0.2, 0.25) is 0 Å². The van der Waals surface area contributed by atoms with Crippen molar-refractivity contribution in [1.82, 2.24) is 9.88 Å². The first-order valence-corrected chi connectivity index (χ1v) is 11.6. The van der Waals surface area contributed by atoms with Gasteiger partial charge in [-0.05, 0) is 51.6 Å². The number of carbonyl (C=O) groups excluding carboxylic acids is 3. The molecular formula is C28H29N3O5. The highest BCUT2D eigenvalue weighted by Crippen LogP contribution is 2.44. The molecule has 0 fully saturated rings. The average Bonchev–Trinajstić information content (AvgIpc) is 3.08. The highest BCUT2D eigenvalue weighted by atomic mass is 16.5. The van der Waals surface area contributed by atoms with Crippen LogP contribution in [0.25, 0.3) is 22.4 Å². The number of nitrogens with zero attached hydrogens (tertiary/aromatic N) is 2. The number of hydrogen-bond acceptors (Lipinski definition) is 7. The van der Waals surface area contributed by atoms with Gasteiger partial charge in [0, 0.05) is 28.9 Å². The van der Waals surface area contributed by atoms with E-state index in [2.05, 4.69) is 10.3 Å². The Balaban J connectivity index is 1.86. The van der Waals surface area contributed by atoms with Gasteiger partial charge in [0.15, 0.2) is 5.78 Å². The number of nitrogens with one attached hydrogen (secondary N) is 1. The molecule has 2 aromatic carbocycles. The van der Waals surface area contributed by atoms with Crippen LogP contribution in [-0.4, -0.2) is 66.5 Å². The number of anilines is 1. The summed E-state index contributed by atoms with van der Waals surface area (Å²) in [5.74, 6) is -1.02. The van der Waals surface area contributed by atoms with Crippen molar-refractivity contribution in [3.63, 3.8) is 0 Å². The van der Waals surface area contributed by atoms with Crippen molar-refractivity contribution in [3.05, 3.63) is 69.9 Å². The third kappa shape index (κ3) is 4.65. The largest absolute Gasteiger partial charge is 0.465 e. The molecule has 36 heavy (non-hydrogen) atoms. The summed E-state index contributed by atoms with van der Waals surface area (Å²) in [6.07, 6.45) is 0. The molecule has 1 amide bonds. The van der Waals surface area contributed by atoms with Crippen LogP contribution in [-0.2, 0) is 9.53 Å². The van der Waals surface area contributed by atoms with E-state index in [0.29, 0.717) is 45.9 Å². The fourth-order valence-corrected chi connectivity index (χ4v) is 4.73. The number of esters is 1. The number of pyridine rings is 1. The minimum atomic E-state index is -0.555. The third-order valence-corrected chi connectivity index (χ3v) is 6.20. The number of benzene rings is 2. The van der Waals surface area contributed by atoms with Crippen LogP contribution in [0.1, 0.15) is 43.1 Å². The molecule has 4 rings (SSSR count). The van der Waals surface area contributed by atoms with Crippen LogP contribution in [0.4, 0.5) is 5.69 Å². The molecule has 0 spiro atoms. The Kier molecular flexibility index (Phi) is 7.01. The topological polar surface area (TPSA) is 109 Å². The zero-order chi connectivity index (χ0) is 26.1. The molecule has 0 saturated carbocycles. The van der Waals surface area contributed by atoms with Gasteiger partial charge in [0.05, 0.1) is 42.8 Å². The lowest BCUT2D eigenvalue weighted by atomic mass is 9.90. The molecule has 1 heterocycles. The van der Waals surface area contributed by atoms with Gasteiger partial charge in [0.25, 0.3) is 0 Å². The molecule has 0 bridgehead atoms. The summed E-state index contributed by atoms with van der Waals surface area (Å²) >= 11 is 0. The SMILES string of the molecule is COC(=O)c1c(C)nc2c(c1-c1cc(C)cc(C)c1)C(=O)c1ccc(NC(=O)CN(C)CCO)cc1-2. The molecule has 1 aliphatic carbocycles. The first kappa shape index (κ1) is 25.2. The molecular weight excluding hydrogens is 458 g/mol. The van der Waals surface area contributed by atoms with Gasteiger partial charge in [-0.1, -0.05) is 29.3 Å². The summed E-state index contributed by atoms with van der Waals surface area (Å²) in [6, 6.07) is 11.0. The monoisotopic (exact) mass is 487 g/mol.